The van der Waals surface area contributed by atoms with Crippen LogP contribution in [-0.2, 0) is 16.1 Å². The number of amides is 1. The van der Waals surface area contributed by atoms with E-state index >= 15 is 0 Å². The Balaban J connectivity index is 1.49. The molecule has 1 atom stereocenters. The molecular formula is C22H21F2N3O2S. The lowest BCUT2D eigenvalue weighted by Crippen LogP contribution is -2.18. The summed E-state index contributed by atoms with van der Waals surface area (Å²) in [5.41, 5.74) is 1.81. The molecule has 156 valence electrons. The van der Waals surface area contributed by atoms with E-state index in [2.05, 4.69) is 14.9 Å². The maximum atomic E-state index is 13.8. The first-order valence-electron chi connectivity index (χ1n) is 9.70. The Morgan fingerprint density at radius 2 is 2.07 bits per heavy atom. The van der Waals surface area contributed by atoms with Crippen molar-refractivity contribution < 1.29 is 18.3 Å². The molecule has 0 spiro atoms. The number of imidazole rings is 1. The Bertz CT molecular complexity index is 1020. The molecule has 3 aromatic rings. The number of nitrogens with one attached hydrogen (secondary N) is 1. The average Bonchev–Trinajstić information content (AvgIpc) is 3.40. The van der Waals surface area contributed by atoms with E-state index in [4.69, 9.17) is 4.74 Å². The number of ether oxygens (including phenoxy) is 1. The summed E-state index contributed by atoms with van der Waals surface area (Å²) in [6.07, 6.45) is 3.91. The molecular weight excluding hydrogens is 408 g/mol. The summed E-state index contributed by atoms with van der Waals surface area (Å²) in [7, 11) is 0. The molecule has 1 fully saturated rings. The van der Waals surface area contributed by atoms with Crippen molar-refractivity contribution in [1.29, 1.82) is 0 Å². The van der Waals surface area contributed by atoms with E-state index in [9.17, 15) is 13.6 Å². The van der Waals surface area contributed by atoms with Crippen LogP contribution in [0.5, 0.6) is 0 Å². The maximum Gasteiger partial charge on any atom is 0.234 e. The van der Waals surface area contributed by atoms with Gasteiger partial charge in [-0.3, -0.25) is 4.79 Å². The largest absolute Gasteiger partial charge is 0.376 e. The van der Waals surface area contributed by atoms with Crippen LogP contribution in [0.25, 0.3) is 11.3 Å². The minimum Gasteiger partial charge on any atom is -0.376 e. The van der Waals surface area contributed by atoms with Crippen LogP contribution in [-0.4, -0.2) is 33.9 Å². The standard InChI is InChI=1S/C22H21F2N3O2S/c23-16-8-9-18(24)19(11-16)26-21(28)14-30-22-25-12-20(15-5-2-1-3-6-15)27(22)13-17-7-4-10-29-17/h1-3,5-6,8-9,11-12,17H,4,7,10,13-14H2,(H,26,28). The fourth-order valence-electron chi connectivity index (χ4n) is 3.39. The van der Waals surface area contributed by atoms with Crippen LogP contribution < -0.4 is 5.32 Å². The van der Waals surface area contributed by atoms with Gasteiger partial charge in [0.1, 0.15) is 11.6 Å². The average molecular weight is 429 g/mol. The lowest BCUT2D eigenvalue weighted by atomic mass is 10.1. The number of nitrogens with zero attached hydrogens (tertiary/aromatic N) is 2. The van der Waals surface area contributed by atoms with Gasteiger partial charge in [-0.25, -0.2) is 13.8 Å². The third-order valence-electron chi connectivity index (χ3n) is 4.83. The molecule has 8 heteroatoms. The molecule has 2 aromatic carbocycles. The van der Waals surface area contributed by atoms with Crippen molar-refractivity contribution in [2.75, 3.05) is 17.7 Å². The van der Waals surface area contributed by atoms with Gasteiger partial charge in [-0.05, 0) is 30.5 Å². The Morgan fingerprint density at radius 3 is 2.83 bits per heavy atom. The molecule has 1 aliphatic heterocycles. The number of anilines is 1. The first-order valence-corrected chi connectivity index (χ1v) is 10.7. The number of benzene rings is 2. The summed E-state index contributed by atoms with van der Waals surface area (Å²) < 4.78 is 34.9. The van der Waals surface area contributed by atoms with Crippen LogP contribution in [0.2, 0.25) is 0 Å². The highest BCUT2D eigenvalue weighted by molar-refractivity contribution is 7.99. The predicted molar refractivity (Wildman–Crippen MR) is 112 cm³/mol. The van der Waals surface area contributed by atoms with Crippen molar-refractivity contribution in [3.63, 3.8) is 0 Å². The van der Waals surface area contributed by atoms with Crippen LogP contribution in [0.4, 0.5) is 14.5 Å². The molecule has 0 bridgehead atoms. The number of carbonyl (C=O) groups is 1. The van der Waals surface area contributed by atoms with Gasteiger partial charge in [-0.15, -0.1) is 0 Å². The molecule has 2 heterocycles. The van der Waals surface area contributed by atoms with Gasteiger partial charge in [0.15, 0.2) is 5.16 Å². The van der Waals surface area contributed by atoms with E-state index in [1.165, 1.54) is 11.8 Å². The van der Waals surface area contributed by atoms with Crippen LogP contribution in [0, 0.1) is 11.6 Å². The lowest BCUT2D eigenvalue weighted by Gasteiger charge is -2.16. The number of hydrogen-bond acceptors (Lipinski definition) is 4. The minimum absolute atomic E-state index is 0.0206. The van der Waals surface area contributed by atoms with Crippen LogP contribution in [0.1, 0.15) is 12.8 Å². The topological polar surface area (TPSA) is 56.2 Å². The molecule has 5 nitrogen and oxygen atoms in total. The normalized spacial score (nSPS) is 16.0. The molecule has 4 rings (SSSR count). The van der Waals surface area contributed by atoms with Gasteiger partial charge in [-0.2, -0.15) is 0 Å². The highest BCUT2D eigenvalue weighted by Crippen LogP contribution is 2.28. The van der Waals surface area contributed by atoms with Crippen molar-refractivity contribution in [2.45, 2.75) is 30.6 Å². The molecule has 1 amide bonds. The second kappa shape index (κ2) is 9.40. The Hall–Kier alpha value is -2.71. The summed E-state index contributed by atoms with van der Waals surface area (Å²) in [6.45, 7) is 1.40. The molecule has 0 saturated carbocycles. The molecule has 30 heavy (non-hydrogen) atoms. The van der Waals surface area contributed by atoms with E-state index in [0.717, 1.165) is 48.9 Å². The Labute approximate surface area is 177 Å². The number of carbonyl (C=O) groups excluding carboxylic acids is 1. The van der Waals surface area contributed by atoms with E-state index in [1.807, 2.05) is 30.3 Å². The van der Waals surface area contributed by atoms with E-state index < -0.39 is 17.5 Å². The molecule has 1 aliphatic rings. The quantitative estimate of drug-likeness (QED) is 0.552. The third kappa shape index (κ3) is 4.88. The second-order valence-electron chi connectivity index (χ2n) is 7.00. The zero-order chi connectivity index (χ0) is 20.9. The SMILES string of the molecule is O=C(CSc1ncc(-c2ccccc2)n1CC1CCCO1)Nc1cc(F)ccc1F. The number of thioether (sulfide) groups is 1. The van der Waals surface area contributed by atoms with Crippen molar-refractivity contribution in [1.82, 2.24) is 9.55 Å². The number of aromatic nitrogens is 2. The molecule has 1 unspecified atom stereocenters. The summed E-state index contributed by atoms with van der Waals surface area (Å²) in [4.78, 5) is 16.8. The molecule has 1 saturated heterocycles. The van der Waals surface area contributed by atoms with E-state index in [0.29, 0.717) is 11.7 Å². The molecule has 0 radical (unpaired) electrons. The van der Waals surface area contributed by atoms with Gasteiger partial charge in [0.05, 0.1) is 36.0 Å². The molecule has 1 N–H and O–H groups in total. The van der Waals surface area contributed by atoms with Crippen molar-refractivity contribution >= 4 is 23.4 Å². The zero-order valence-corrected chi connectivity index (χ0v) is 17.0. The van der Waals surface area contributed by atoms with Gasteiger partial charge in [0, 0.05) is 12.7 Å². The monoisotopic (exact) mass is 429 g/mol. The summed E-state index contributed by atoms with van der Waals surface area (Å²) in [6, 6.07) is 12.9. The van der Waals surface area contributed by atoms with Gasteiger partial charge in [0.25, 0.3) is 0 Å². The van der Waals surface area contributed by atoms with Crippen molar-refractivity contribution in [2.24, 2.45) is 0 Å². The molecule has 1 aromatic heterocycles. The van der Waals surface area contributed by atoms with Crippen LogP contribution in [0.3, 0.4) is 0 Å². The van der Waals surface area contributed by atoms with E-state index in [1.54, 1.807) is 6.20 Å². The highest BCUT2D eigenvalue weighted by atomic mass is 32.2. The van der Waals surface area contributed by atoms with Gasteiger partial charge in [0.2, 0.25) is 5.91 Å². The second-order valence-corrected chi connectivity index (χ2v) is 7.94. The highest BCUT2D eigenvalue weighted by Gasteiger charge is 2.21. The van der Waals surface area contributed by atoms with Gasteiger partial charge >= 0.3 is 0 Å². The summed E-state index contributed by atoms with van der Waals surface area (Å²) >= 11 is 1.25. The van der Waals surface area contributed by atoms with Crippen LogP contribution in [0.15, 0.2) is 59.9 Å². The number of hydrogen-bond donors (Lipinski definition) is 1. The van der Waals surface area contributed by atoms with Gasteiger partial charge < -0.3 is 14.6 Å². The number of rotatable bonds is 7. The lowest BCUT2D eigenvalue weighted by molar-refractivity contribution is -0.113. The third-order valence-corrected chi connectivity index (χ3v) is 5.82. The minimum atomic E-state index is -0.680. The Morgan fingerprint density at radius 1 is 1.23 bits per heavy atom. The number of halogens is 2. The van der Waals surface area contributed by atoms with E-state index in [-0.39, 0.29) is 17.5 Å². The van der Waals surface area contributed by atoms with Crippen LogP contribution >= 0.6 is 11.8 Å². The summed E-state index contributed by atoms with van der Waals surface area (Å²) in [5.74, 6) is -1.70. The maximum absolute atomic E-state index is 13.8. The smallest absolute Gasteiger partial charge is 0.234 e. The van der Waals surface area contributed by atoms with Crippen molar-refractivity contribution in [3.05, 3.63) is 66.4 Å². The fourth-order valence-corrected chi connectivity index (χ4v) is 4.18. The van der Waals surface area contributed by atoms with Crippen molar-refractivity contribution in [3.8, 4) is 11.3 Å². The predicted octanol–water partition coefficient (Wildman–Crippen LogP) is 4.74. The first-order chi connectivity index (χ1) is 14.6. The first kappa shape index (κ1) is 20.6. The Kier molecular flexibility index (Phi) is 6.44. The van der Waals surface area contributed by atoms with Gasteiger partial charge in [-0.1, -0.05) is 42.1 Å². The summed E-state index contributed by atoms with van der Waals surface area (Å²) in [5, 5.41) is 3.10. The fraction of sp³-hybridized carbons (Fsp3) is 0.273. The molecule has 0 aliphatic carbocycles. The zero-order valence-electron chi connectivity index (χ0n) is 16.2.